The third-order valence-electron chi connectivity index (χ3n) is 3.82. The normalized spacial score (nSPS) is 14.8. The number of sulfonamides is 1. The van der Waals surface area contributed by atoms with Gasteiger partial charge in [-0.3, -0.25) is 4.79 Å². The maximum absolute atomic E-state index is 12.3. The SMILES string of the molecule is CCc1cccc(NC(=O)CSC2=NS(=O)(=O)c3ccc(C)cc3N2)c1. The summed E-state index contributed by atoms with van der Waals surface area (Å²) in [5.41, 5.74) is 3.28. The third-order valence-corrected chi connectivity index (χ3v) is 6.14. The molecule has 0 atom stereocenters. The Balaban J connectivity index is 1.66. The maximum atomic E-state index is 12.3. The first-order chi connectivity index (χ1) is 12.4. The van der Waals surface area contributed by atoms with Crippen LogP contribution in [-0.2, 0) is 21.2 Å². The number of thioether (sulfide) groups is 1. The van der Waals surface area contributed by atoms with Crippen LogP contribution in [0.4, 0.5) is 11.4 Å². The van der Waals surface area contributed by atoms with Crippen molar-refractivity contribution < 1.29 is 13.2 Å². The number of fused-ring (bicyclic) bond motifs is 1. The standard InChI is InChI=1S/C18H19N3O3S2/c1-3-13-5-4-6-14(10-13)19-17(22)11-25-18-20-15-9-12(2)7-8-16(15)26(23,24)21-18/h4-10H,3,11H2,1-2H3,(H,19,22)(H,20,21). The van der Waals surface area contributed by atoms with Crippen LogP contribution in [0, 0.1) is 6.92 Å². The Kier molecular flexibility index (Phi) is 5.33. The minimum Gasteiger partial charge on any atom is -0.333 e. The van der Waals surface area contributed by atoms with E-state index in [1.165, 1.54) is 6.07 Å². The minimum atomic E-state index is -3.75. The highest BCUT2D eigenvalue weighted by atomic mass is 32.2. The maximum Gasteiger partial charge on any atom is 0.286 e. The molecule has 0 saturated carbocycles. The number of carbonyl (C=O) groups is 1. The van der Waals surface area contributed by atoms with Gasteiger partial charge < -0.3 is 10.6 Å². The molecule has 1 amide bonds. The molecule has 0 unspecified atom stereocenters. The zero-order valence-electron chi connectivity index (χ0n) is 14.4. The van der Waals surface area contributed by atoms with Crippen LogP contribution in [0.1, 0.15) is 18.1 Å². The van der Waals surface area contributed by atoms with Crippen molar-refractivity contribution in [2.45, 2.75) is 25.2 Å². The number of nitrogens with zero attached hydrogens (tertiary/aromatic N) is 1. The molecule has 0 aromatic heterocycles. The van der Waals surface area contributed by atoms with Crippen LogP contribution in [0.15, 0.2) is 51.8 Å². The van der Waals surface area contributed by atoms with Gasteiger partial charge in [-0.1, -0.05) is 36.9 Å². The number of hydrogen-bond donors (Lipinski definition) is 2. The van der Waals surface area contributed by atoms with Gasteiger partial charge in [-0.15, -0.1) is 4.40 Å². The zero-order chi connectivity index (χ0) is 18.7. The summed E-state index contributed by atoms with van der Waals surface area (Å²) in [4.78, 5) is 12.3. The van der Waals surface area contributed by atoms with Gasteiger partial charge in [-0.05, 0) is 48.7 Å². The van der Waals surface area contributed by atoms with E-state index in [0.29, 0.717) is 5.69 Å². The molecular weight excluding hydrogens is 370 g/mol. The lowest BCUT2D eigenvalue weighted by Crippen LogP contribution is -2.22. The summed E-state index contributed by atoms with van der Waals surface area (Å²) in [5.74, 6) is -0.168. The third kappa shape index (κ3) is 4.25. The van der Waals surface area contributed by atoms with E-state index in [0.717, 1.165) is 35.0 Å². The minimum absolute atomic E-state index is 0.0544. The average molecular weight is 390 g/mol. The molecule has 0 radical (unpaired) electrons. The molecular formula is C18H19N3O3S2. The molecule has 26 heavy (non-hydrogen) atoms. The van der Waals surface area contributed by atoms with Crippen LogP contribution in [0.2, 0.25) is 0 Å². The Morgan fingerprint density at radius 1 is 1.23 bits per heavy atom. The molecule has 0 fully saturated rings. The molecule has 3 rings (SSSR count). The highest BCUT2D eigenvalue weighted by Gasteiger charge is 2.25. The second-order valence-corrected chi connectivity index (χ2v) is 8.42. The lowest BCUT2D eigenvalue weighted by Gasteiger charge is -2.18. The van der Waals surface area contributed by atoms with Gasteiger partial charge in [-0.2, -0.15) is 8.42 Å². The summed E-state index contributed by atoms with van der Waals surface area (Å²) < 4.78 is 28.3. The molecule has 6 nitrogen and oxygen atoms in total. The van der Waals surface area contributed by atoms with Crippen molar-refractivity contribution in [3.63, 3.8) is 0 Å². The molecule has 2 aromatic rings. The number of amidine groups is 1. The van der Waals surface area contributed by atoms with Gasteiger partial charge in [0.05, 0.1) is 11.4 Å². The van der Waals surface area contributed by atoms with Gasteiger partial charge in [0.1, 0.15) is 4.90 Å². The topological polar surface area (TPSA) is 87.6 Å². The molecule has 0 saturated heterocycles. The smallest absolute Gasteiger partial charge is 0.286 e. The predicted molar refractivity (Wildman–Crippen MR) is 106 cm³/mol. The predicted octanol–water partition coefficient (Wildman–Crippen LogP) is 3.40. The van der Waals surface area contributed by atoms with Gasteiger partial charge in [0.15, 0.2) is 5.17 Å². The van der Waals surface area contributed by atoms with Crippen molar-refractivity contribution in [2.75, 3.05) is 16.4 Å². The first-order valence-corrected chi connectivity index (χ1v) is 10.5. The first kappa shape index (κ1) is 18.5. The Labute approximate surface area is 157 Å². The van der Waals surface area contributed by atoms with Crippen molar-refractivity contribution in [3.05, 3.63) is 53.6 Å². The second-order valence-electron chi connectivity index (χ2n) is 5.89. The van der Waals surface area contributed by atoms with Crippen LogP contribution in [0.25, 0.3) is 0 Å². The zero-order valence-corrected chi connectivity index (χ0v) is 16.1. The highest BCUT2D eigenvalue weighted by Crippen LogP contribution is 2.30. The van der Waals surface area contributed by atoms with Crippen molar-refractivity contribution in [1.82, 2.24) is 0 Å². The summed E-state index contributed by atoms with van der Waals surface area (Å²) in [6, 6.07) is 12.6. The summed E-state index contributed by atoms with van der Waals surface area (Å²) in [7, 11) is -3.75. The van der Waals surface area contributed by atoms with Crippen molar-refractivity contribution in [2.24, 2.45) is 4.40 Å². The first-order valence-electron chi connectivity index (χ1n) is 8.11. The molecule has 0 bridgehead atoms. The Morgan fingerprint density at radius 3 is 2.81 bits per heavy atom. The fourth-order valence-corrected chi connectivity index (χ4v) is 4.54. The molecule has 1 aliphatic heterocycles. The number of nitrogens with one attached hydrogen (secondary N) is 2. The number of carbonyl (C=O) groups excluding carboxylic acids is 1. The van der Waals surface area contributed by atoms with Gasteiger partial charge in [0, 0.05) is 5.69 Å². The molecule has 2 aromatic carbocycles. The molecule has 0 spiro atoms. The van der Waals surface area contributed by atoms with Crippen molar-refractivity contribution >= 4 is 44.2 Å². The number of benzene rings is 2. The van der Waals surface area contributed by atoms with Crippen LogP contribution in [0.3, 0.4) is 0 Å². The Bertz CT molecular complexity index is 985. The van der Waals surface area contributed by atoms with Crippen molar-refractivity contribution in [3.8, 4) is 0 Å². The van der Waals surface area contributed by atoms with E-state index in [4.69, 9.17) is 0 Å². The number of hydrogen-bond acceptors (Lipinski definition) is 5. The summed E-state index contributed by atoms with van der Waals surface area (Å²) in [6.07, 6.45) is 0.885. The van der Waals surface area contributed by atoms with E-state index in [1.807, 2.05) is 38.1 Å². The Morgan fingerprint density at radius 2 is 2.04 bits per heavy atom. The summed E-state index contributed by atoms with van der Waals surface area (Å²) in [6.45, 7) is 3.93. The van der Waals surface area contributed by atoms with Crippen LogP contribution in [0.5, 0.6) is 0 Å². The van der Waals surface area contributed by atoms with Gasteiger partial charge in [0.25, 0.3) is 10.0 Å². The van der Waals surface area contributed by atoms with Crippen LogP contribution >= 0.6 is 11.8 Å². The summed E-state index contributed by atoms with van der Waals surface area (Å²) in [5, 5.41) is 5.99. The van der Waals surface area contributed by atoms with E-state index in [2.05, 4.69) is 15.0 Å². The number of anilines is 2. The number of amides is 1. The molecule has 2 N–H and O–H groups in total. The van der Waals surface area contributed by atoms with Crippen LogP contribution < -0.4 is 10.6 Å². The fraction of sp³-hybridized carbons (Fsp3) is 0.222. The van der Waals surface area contributed by atoms with E-state index in [9.17, 15) is 13.2 Å². The van der Waals surface area contributed by atoms with Gasteiger partial charge in [-0.25, -0.2) is 0 Å². The largest absolute Gasteiger partial charge is 0.333 e. The van der Waals surface area contributed by atoms with Gasteiger partial charge in [0.2, 0.25) is 5.91 Å². The molecule has 8 heteroatoms. The molecule has 0 aliphatic carbocycles. The summed E-state index contributed by atoms with van der Waals surface area (Å²) >= 11 is 1.05. The van der Waals surface area contributed by atoms with E-state index >= 15 is 0 Å². The number of aryl methyl sites for hydroxylation is 2. The van der Waals surface area contributed by atoms with Crippen LogP contribution in [-0.4, -0.2) is 25.2 Å². The number of rotatable bonds is 4. The molecule has 136 valence electrons. The quantitative estimate of drug-likeness (QED) is 0.837. The second kappa shape index (κ2) is 7.51. The Hall–Kier alpha value is -2.32. The average Bonchev–Trinajstić information content (AvgIpc) is 2.59. The fourth-order valence-electron chi connectivity index (χ4n) is 2.53. The van der Waals surface area contributed by atoms with Crippen molar-refractivity contribution in [1.29, 1.82) is 0 Å². The van der Waals surface area contributed by atoms with Gasteiger partial charge >= 0.3 is 0 Å². The lowest BCUT2D eigenvalue weighted by atomic mass is 10.1. The monoisotopic (exact) mass is 389 g/mol. The highest BCUT2D eigenvalue weighted by molar-refractivity contribution is 8.15. The van der Waals surface area contributed by atoms with E-state index in [1.54, 1.807) is 12.1 Å². The van der Waals surface area contributed by atoms with E-state index < -0.39 is 10.0 Å². The molecule has 1 heterocycles. The van der Waals surface area contributed by atoms with E-state index in [-0.39, 0.29) is 21.7 Å². The molecule has 1 aliphatic rings. The lowest BCUT2D eigenvalue weighted by molar-refractivity contribution is -0.113.